The molecule has 104 valence electrons. The van der Waals surface area contributed by atoms with Gasteiger partial charge in [0.2, 0.25) is 0 Å². The molecule has 0 amide bonds. The van der Waals surface area contributed by atoms with Crippen molar-refractivity contribution in [2.75, 3.05) is 0 Å². The summed E-state index contributed by atoms with van der Waals surface area (Å²) in [5.74, 6) is -1.17. The van der Waals surface area contributed by atoms with Crippen molar-refractivity contribution in [2.24, 2.45) is 0 Å². The van der Waals surface area contributed by atoms with Gasteiger partial charge in [-0.3, -0.25) is 10.1 Å². The number of hydrogen-bond acceptors (Lipinski definition) is 6. The van der Waals surface area contributed by atoms with E-state index in [0.29, 0.717) is 16.9 Å². The smallest absolute Gasteiger partial charge is 0.336 e. The van der Waals surface area contributed by atoms with Gasteiger partial charge in [0.1, 0.15) is 0 Å². The van der Waals surface area contributed by atoms with Crippen molar-refractivity contribution in [2.45, 2.75) is 0 Å². The van der Waals surface area contributed by atoms with Crippen LogP contribution < -0.4 is 0 Å². The van der Waals surface area contributed by atoms with Crippen LogP contribution in [0.3, 0.4) is 0 Å². The first-order valence-electron chi connectivity index (χ1n) is 5.77. The molecule has 0 unspecified atom stereocenters. The second-order valence-corrected chi connectivity index (χ2v) is 4.91. The quantitative estimate of drug-likeness (QED) is 0.588. The van der Waals surface area contributed by atoms with E-state index in [9.17, 15) is 20.0 Å². The zero-order valence-electron chi connectivity index (χ0n) is 10.4. The van der Waals surface area contributed by atoms with Crippen LogP contribution in [0, 0.1) is 10.1 Å². The van der Waals surface area contributed by atoms with Gasteiger partial charge < -0.3 is 5.11 Å². The van der Waals surface area contributed by atoms with Gasteiger partial charge in [0.15, 0.2) is 0 Å². The summed E-state index contributed by atoms with van der Waals surface area (Å²) in [6.45, 7) is 0. The number of carboxylic acid groups (broad SMARTS) is 1. The average molecular weight is 301 g/mol. The van der Waals surface area contributed by atoms with E-state index in [0.717, 1.165) is 0 Å². The molecule has 0 aliphatic carbocycles. The van der Waals surface area contributed by atoms with Crippen molar-refractivity contribution < 1.29 is 14.8 Å². The Morgan fingerprint density at radius 3 is 2.71 bits per heavy atom. The van der Waals surface area contributed by atoms with Gasteiger partial charge in [0, 0.05) is 22.9 Å². The largest absolute Gasteiger partial charge is 0.478 e. The molecule has 0 bridgehead atoms. The van der Waals surface area contributed by atoms with Crippen LogP contribution in [0.25, 0.3) is 22.3 Å². The highest BCUT2D eigenvalue weighted by molar-refractivity contribution is 7.07. The Hall–Kier alpha value is -2.87. The number of hydrogen-bond donors (Lipinski definition) is 1. The number of benzene rings is 1. The monoisotopic (exact) mass is 301 g/mol. The molecule has 0 fully saturated rings. The molecule has 0 saturated carbocycles. The number of carbonyl (C=O) groups is 1. The number of nitro benzene ring substituents is 1. The Morgan fingerprint density at radius 2 is 2.10 bits per heavy atom. The summed E-state index contributed by atoms with van der Waals surface area (Å²) in [7, 11) is 0. The van der Waals surface area contributed by atoms with Gasteiger partial charge in [-0.05, 0) is 12.1 Å². The van der Waals surface area contributed by atoms with Gasteiger partial charge in [-0.25, -0.2) is 14.8 Å². The SMILES string of the molecule is O=C(O)c1cc(-c2cscn2)nc2ccc([N+](=O)[O-])cc12. The highest BCUT2D eigenvalue weighted by atomic mass is 32.1. The summed E-state index contributed by atoms with van der Waals surface area (Å²) < 4.78 is 0. The molecule has 0 spiro atoms. The Labute approximate surface area is 121 Å². The van der Waals surface area contributed by atoms with E-state index in [1.165, 1.54) is 35.6 Å². The van der Waals surface area contributed by atoms with Crippen molar-refractivity contribution >= 4 is 33.9 Å². The molecule has 3 rings (SSSR count). The number of aromatic carboxylic acids is 1. The molecule has 21 heavy (non-hydrogen) atoms. The van der Waals surface area contributed by atoms with E-state index < -0.39 is 10.9 Å². The number of thiazole rings is 1. The number of carboxylic acids is 1. The lowest BCUT2D eigenvalue weighted by Gasteiger charge is -2.05. The van der Waals surface area contributed by atoms with Gasteiger partial charge in [0.25, 0.3) is 5.69 Å². The van der Waals surface area contributed by atoms with Crippen molar-refractivity contribution in [1.82, 2.24) is 9.97 Å². The fraction of sp³-hybridized carbons (Fsp3) is 0. The molecule has 7 nitrogen and oxygen atoms in total. The summed E-state index contributed by atoms with van der Waals surface area (Å²) in [6.07, 6.45) is 0. The third kappa shape index (κ3) is 2.32. The lowest BCUT2D eigenvalue weighted by molar-refractivity contribution is -0.384. The molecule has 2 heterocycles. The van der Waals surface area contributed by atoms with E-state index in [1.54, 1.807) is 10.9 Å². The lowest BCUT2D eigenvalue weighted by Crippen LogP contribution is -2.01. The van der Waals surface area contributed by atoms with Crippen LogP contribution >= 0.6 is 11.3 Å². The molecular formula is C13H7N3O4S. The Bertz CT molecular complexity index is 861. The summed E-state index contributed by atoms with van der Waals surface area (Å²) in [4.78, 5) is 30.1. The van der Waals surface area contributed by atoms with Crippen molar-refractivity contribution in [3.8, 4) is 11.4 Å². The normalized spacial score (nSPS) is 10.7. The van der Waals surface area contributed by atoms with E-state index >= 15 is 0 Å². The van der Waals surface area contributed by atoms with Crippen LogP contribution in [-0.4, -0.2) is 26.0 Å². The zero-order valence-corrected chi connectivity index (χ0v) is 11.2. The van der Waals surface area contributed by atoms with Gasteiger partial charge in [-0.2, -0.15) is 0 Å². The average Bonchev–Trinajstić information content (AvgIpc) is 2.99. The number of rotatable bonds is 3. The number of nitrogens with zero attached hydrogens (tertiary/aromatic N) is 3. The predicted octanol–water partition coefficient (Wildman–Crippen LogP) is 2.96. The van der Waals surface area contributed by atoms with Crippen LogP contribution in [0.1, 0.15) is 10.4 Å². The Kier molecular flexibility index (Phi) is 3.07. The van der Waals surface area contributed by atoms with E-state index in [-0.39, 0.29) is 16.6 Å². The van der Waals surface area contributed by atoms with Gasteiger partial charge >= 0.3 is 5.97 Å². The van der Waals surface area contributed by atoms with Crippen molar-refractivity contribution in [3.05, 3.63) is 50.8 Å². The third-order valence-corrected chi connectivity index (χ3v) is 3.51. The van der Waals surface area contributed by atoms with Crippen molar-refractivity contribution in [1.29, 1.82) is 0 Å². The van der Waals surface area contributed by atoms with Gasteiger partial charge in [0.05, 0.1) is 32.9 Å². The van der Waals surface area contributed by atoms with Crippen LogP contribution in [-0.2, 0) is 0 Å². The fourth-order valence-corrected chi connectivity index (χ4v) is 2.52. The molecule has 2 aromatic heterocycles. The summed E-state index contributed by atoms with van der Waals surface area (Å²) >= 11 is 1.37. The molecule has 0 atom stereocenters. The number of non-ortho nitro benzene ring substituents is 1. The molecule has 8 heteroatoms. The Morgan fingerprint density at radius 1 is 1.29 bits per heavy atom. The summed E-state index contributed by atoms with van der Waals surface area (Å²) in [5.41, 5.74) is 2.79. The van der Waals surface area contributed by atoms with Crippen LogP contribution in [0.5, 0.6) is 0 Å². The van der Waals surface area contributed by atoms with E-state index in [1.807, 2.05) is 0 Å². The summed E-state index contributed by atoms with van der Waals surface area (Å²) in [6, 6.07) is 5.33. The maximum atomic E-state index is 11.4. The van der Waals surface area contributed by atoms with Gasteiger partial charge in [-0.1, -0.05) is 0 Å². The number of aromatic nitrogens is 2. The fourth-order valence-electron chi connectivity index (χ4n) is 1.97. The van der Waals surface area contributed by atoms with Crippen LogP contribution in [0.2, 0.25) is 0 Å². The molecule has 1 N–H and O–H groups in total. The summed E-state index contributed by atoms with van der Waals surface area (Å²) in [5, 5.41) is 22.1. The predicted molar refractivity (Wildman–Crippen MR) is 76.5 cm³/mol. The Balaban J connectivity index is 2.31. The first-order chi connectivity index (χ1) is 10.1. The highest BCUT2D eigenvalue weighted by Gasteiger charge is 2.16. The van der Waals surface area contributed by atoms with Crippen LogP contribution in [0.15, 0.2) is 35.2 Å². The molecule has 1 aromatic carbocycles. The number of pyridine rings is 1. The topological polar surface area (TPSA) is 106 Å². The number of fused-ring (bicyclic) bond motifs is 1. The second-order valence-electron chi connectivity index (χ2n) is 4.19. The highest BCUT2D eigenvalue weighted by Crippen LogP contribution is 2.27. The zero-order chi connectivity index (χ0) is 15.0. The molecular weight excluding hydrogens is 294 g/mol. The molecule has 0 aliphatic rings. The van der Waals surface area contributed by atoms with Gasteiger partial charge in [-0.15, -0.1) is 11.3 Å². The first kappa shape index (κ1) is 13.1. The molecule has 0 saturated heterocycles. The van der Waals surface area contributed by atoms with Crippen molar-refractivity contribution in [3.63, 3.8) is 0 Å². The van der Waals surface area contributed by atoms with E-state index in [2.05, 4.69) is 9.97 Å². The maximum absolute atomic E-state index is 11.4. The second kappa shape index (κ2) is 4.91. The third-order valence-electron chi connectivity index (χ3n) is 2.93. The van der Waals surface area contributed by atoms with Crippen LogP contribution in [0.4, 0.5) is 5.69 Å². The molecule has 0 aliphatic heterocycles. The minimum atomic E-state index is -1.17. The minimum Gasteiger partial charge on any atom is -0.478 e. The van der Waals surface area contributed by atoms with E-state index in [4.69, 9.17) is 0 Å². The minimum absolute atomic E-state index is 0.0355. The maximum Gasteiger partial charge on any atom is 0.336 e. The lowest BCUT2D eigenvalue weighted by atomic mass is 10.1. The standard InChI is InChI=1S/C13H7N3O4S/c17-13(18)9-4-11(12-5-21-6-14-12)15-10-2-1-7(16(19)20)3-8(9)10/h1-6H,(H,17,18). The first-order valence-corrected chi connectivity index (χ1v) is 6.71. The molecule has 3 aromatic rings. The molecule has 0 radical (unpaired) electrons. The number of nitro groups is 1.